The SMILES string of the molecule is N#Cc1cnc(/N=C/c2sc3ccccc3c2O)s1. The van der Waals surface area contributed by atoms with Gasteiger partial charge in [0.05, 0.1) is 17.3 Å². The van der Waals surface area contributed by atoms with Gasteiger partial charge in [0.25, 0.3) is 0 Å². The van der Waals surface area contributed by atoms with Crippen LogP contribution in [0, 0.1) is 11.3 Å². The van der Waals surface area contributed by atoms with Crippen LogP contribution in [0.15, 0.2) is 35.5 Å². The third kappa shape index (κ3) is 2.21. The van der Waals surface area contributed by atoms with E-state index in [0.29, 0.717) is 14.9 Å². The molecule has 1 N–H and O–H groups in total. The first kappa shape index (κ1) is 11.8. The topological polar surface area (TPSA) is 69.3 Å². The van der Waals surface area contributed by atoms with Crippen LogP contribution in [0.2, 0.25) is 0 Å². The first-order valence-electron chi connectivity index (χ1n) is 5.38. The van der Waals surface area contributed by atoms with E-state index in [4.69, 9.17) is 5.26 Å². The second-order valence-electron chi connectivity index (χ2n) is 3.69. The van der Waals surface area contributed by atoms with Crippen LogP contribution in [-0.2, 0) is 0 Å². The fourth-order valence-electron chi connectivity index (χ4n) is 1.63. The molecule has 0 bridgehead atoms. The molecule has 3 rings (SSSR count). The highest BCUT2D eigenvalue weighted by atomic mass is 32.1. The molecule has 0 atom stereocenters. The predicted octanol–water partition coefficient (Wildman–Crippen LogP) is 3.69. The Morgan fingerprint density at radius 1 is 1.32 bits per heavy atom. The number of rotatable bonds is 2. The van der Waals surface area contributed by atoms with E-state index in [1.54, 1.807) is 6.21 Å². The van der Waals surface area contributed by atoms with Gasteiger partial charge in [-0.2, -0.15) is 5.26 Å². The van der Waals surface area contributed by atoms with E-state index in [2.05, 4.69) is 9.98 Å². The van der Waals surface area contributed by atoms with E-state index in [9.17, 15) is 5.11 Å². The molecule has 0 saturated heterocycles. The van der Waals surface area contributed by atoms with Crippen LogP contribution in [0.25, 0.3) is 10.1 Å². The molecule has 2 heterocycles. The number of hydrogen-bond donors (Lipinski definition) is 1. The van der Waals surface area contributed by atoms with Gasteiger partial charge in [-0.05, 0) is 12.1 Å². The van der Waals surface area contributed by atoms with Gasteiger partial charge in [-0.3, -0.25) is 0 Å². The fraction of sp³-hybridized carbons (Fsp3) is 0. The van der Waals surface area contributed by atoms with Gasteiger partial charge in [-0.15, -0.1) is 11.3 Å². The van der Waals surface area contributed by atoms with E-state index >= 15 is 0 Å². The summed E-state index contributed by atoms with van der Waals surface area (Å²) in [6.45, 7) is 0. The minimum atomic E-state index is 0.237. The summed E-state index contributed by atoms with van der Waals surface area (Å²) in [5, 5.41) is 20.1. The van der Waals surface area contributed by atoms with Gasteiger partial charge in [-0.1, -0.05) is 23.5 Å². The molecule has 0 fully saturated rings. The Labute approximate surface area is 116 Å². The fourth-order valence-corrected chi connectivity index (χ4v) is 3.16. The normalized spacial score (nSPS) is 11.1. The molecular weight excluding hydrogens is 278 g/mol. The average Bonchev–Trinajstić information content (AvgIpc) is 3.02. The maximum atomic E-state index is 10.1. The van der Waals surface area contributed by atoms with Gasteiger partial charge in [0.2, 0.25) is 5.13 Å². The van der Waals surface area contributed by atoms with Crippen molar-refractivity contribution in [2.45, 2.75) is 0 Å². The first-order chi connectivity index (χ1) is 9.28. The van der Waals surface area contributed by atoms with Crippen molar-refractivity contribution in [3.05, 3.63) is 40.2 Å². The van der Waals surface area contributed by atoms with E-state index < -0.39 is 0 Å². The Kier molecular flexibility index (Phi) is 2.99. The van der Waals surface area contributed by atoms with Gasteiger partial charge >= 0.3 is 0 Å². The molecule has 0 spiro atoms. The highest BCUT2D eigenvalue weighted by molar-refractivity contribution is 7.21. The number of nitriles is 1. The number of hydrogen-bond acceptors (Lipinski definition) is 6. The Morgan fingerprint density at radius 2 is 2.16 bits per heavy atom. The van der Waals surface area contributed by atoms with Gasteiger partial charge < -0.3 is 5.11 Å². The molecule has 0 aliphatic carbocycles. The smallest absolute Gasteiger partial charge is 0.210 e. The molecule has 0 aliphatic rings. The Morgan fingerprint density at radius 3 is 2.89 bits per heavy atom. The third-order valence-corrected chi connectivity index (χ3v) is 4.40. The van der Waals surface area contributed by atoms with Crippen molar-refractivity contribution in [2.24, 2.45) is 4.99 Å². The molecule has 0 radical (unpaired) electrons. The molecule has 1 aromatic carbocycles. The van der Waals surface area contributed by atoms with Crippen LogP contribution in [0.4, 0.5) is 5.13 Å². The van der Waals surface area contributed by atoms with Gasteiger partial charge in [0, 0.05) is 10.1 Å². The molecule has 6 heteroatoms. The molecule has 4 nitrogen and oxygen atoms in total. The van der Waals surface area contributed by atoms with Crippen LogP contribution in [0.3, 0.4) is 0 Å². The van der Waals surface area contributed by atoms with Gasteiger partial charge in [-0.25, -0.2) is 9.98 Å². The molecule has 92 valence electrons. The second-order valence-corrected chi connectivity index (χ2v) is 5.78. The van der Waals surface area contributed by atoms with E-state index in [0.717, 1.165) is 10.1 Å². The average molecular weight is 285 g/mol. The Hall–Kier alpha value is -2.23. The van der Waals surface area contributed by atoms with Crippen LogP contribution in [-0.4, -0.2) is 16.3 Å². The zero-order valence-electron chi connectivity index (χ0n) is 9.57. The van der Waals surface area contributed by atoms with Crippen molar-refractivity contribution in [1.29, 1.82) is 5.26 Å². The number of aromatic hydroxyl groups is 1. The van der Waals surface area contributed by atoms with Crippen molar-refractivity contribution in [1.82, 2.24) is 4.98 Å². The predicted molar refractivity (Wildman–Crippen MR) is 77.6 cm³/mol. The summed E-state index contributed by atoms with van der Waals surface area (Å²) >= 11 is 2.69. The maximum absolute atomic E-state index is 10.1. The first-order valence-corrected chi connectivity index (χ1v) is 7.02. The van der Waals surface area contributed by atoms with Crippen LogP contribution >= 0.6 is 22.7 Å². The Balaban J connectivity index is 1.97. The summed E-state index contributed by atoms with van der Waals surface area (Å²) in [5.74, 6) is 0.237. The van der Waals surface area contributed by atoms with E-state index in [1.165, 1.54) is 28.9 Å². The largest absolute Gasteiger partial charge is 0.506 e. The highest BCUT2D eigenvalue weighted by Gasteiger charge is 2.08. The molecule has 0 amide bonds. The molecule has 2 aromatic heterocycles. The number of fused-ring (bicyclic) bond motifs is 1. The molecular formula is C13H7N3OS2. The van der Waals surface area contributed by atoms with Crippen molar-refractivity contribution in [3.8, 4) is 11.8 Å². The minimum absolute atomic E-state index is 0.237. The summed E-state index contributed by atoms with van der Waals surface area (Å²) in [6, 6.07) is 9.65. The van der Waals surface area contributed by atoms with Crippen molar-refractivity contribution in [3.63, 3.8) is 0 Å². The number of aromatic nitrogens is 1. The number of benzene rings is 1. The minimum Gasteiger partial charge on any atom is -0.506 e. The van der Waals surface area contributed by atoms with Crippen LogP contribution in [0.1, 0.15) is 9.75 Å². The highest BCUT2D eigenvalue weighted by Crippen LogP contribution is 2.35. The molecule has 0 unspecified atom stereocenters. The van der Waals surface area contributed by atoms with Gasteiger partial charge in [0.1, 0.15) is 16.7 Å². The monoisotopic (exact) mass is 285 g/mol. The lowest BCUT2D eigenvalue weighted by Crippen LogP contribution is -1.73. The summed E-state index contributed by atoms with van der Waals surface area (Å²) in [6.07, 6.45) is 3.07. The zero-order valence-corrected chi connectivity index (χ0v) is 11.2. The number of thiazole rings is 1. The number of aliphatic imine (C=N–C) groups is 1. The standard InChI is InChI=1S/C13H7N3OS2/c14-5-8-6-15-13(18-8)16-7-11-12(17)9-3-1-2-4-10(9)19-11/h1-4,6-7,17H/b16-7+. The van der Waals surface area contributed by atoms with E-state index in [1.807, 2.05) is 30.3 Å². The number of thiophene rings is 1. The molecule has 19 heavy (non-hydrogen) atoms. The number of nitrogens with zero attached hydrogens (tertiary/aromatic N) is 3. The van der Waals surface area contributed by atoms with E-state index in [-0.39, 0.29) is 5.75 Å². The summed E-state index contributed by atoms with van der Waals surface area (Å²) in [4.78, 5) is 9.40. The lowest BCUT2D eigenvalue weighted by atomic mass is 10.2. The van der Waals surface area contributed by atoms with Crippen molar-refractivity contribution in [2.75, 3.05) is 0 Å². The van der Waals surface area contributed by atoms with Crippen molar-refractivity contribution < 1.29 is 5.11 Å². The van der Waals surface area contributed by atoms with Crippen molar-refractivity contribution >= 4 is 44.1 Å². The van der Waals surface area contributed by atoms with Gasteiger partial charge in [0.15, 0.2) is 0 Å². The van der Waals surface area contributed by atoms with Crippen LogP contribution < -0.4 is 0 Å². The lowest BCUT2D eigenvalue weighted by Gasteiger charge is -1.89. The molecule has 0 saturated carbocycles. The zero-order chi connectivity index (χ0) is 13.2. The molecule has 3 aromatic rings. The summed E-state index contributed by atoms with van der Waals surface area (Å²) in [7, 11) is 0. The Bertz CT molecular complexity index is 811. The maximum Gasteiger partial charge on any atom is 0.210 e. The summed E-state index contributed by atoms with van der Waals surface area (Å²) < 4.78 is 1.01. The van der Waals surface area contributed by atoms with Crippen LogP contribution in [0.5, 0.6) is 5.75 Å². The summed E-state index contributed by atoms with van der Waals surface area (Å²) in [5.41, 5.74) is 0. The molecule has 0 aliphatic heterocycles. The quantitative estimate of drug-likeness (QED) is 0.730. The lowest BCUT2D eigenvalue weighted by molar-refractivity contribution is 0.483. The second kappa shape index (κ2) is 4.80. The third-order valence-electron chi connectivity index (χ3n) is 2.49.